The molecule has 0 aliphatic rings. The van der Waals surface area contributed by atoms with Crippen molar-refractivity contribution in [2.75, 3.05) is 0 Å². The van der Waals surface area contributed by atoms with E-state index in [1.54, 1.807) is 6.07 Å². The normalized spacial score (nSPS) is 10.2. The Hall–Kier alpha value is -1.66. The predicted molar refractivity (Wildman–Crippen MR) is 59.7 cm³/mol. The Bertz CT molecular complexity index is 530. The van der Waals surface area contributed by atoms with E-state index in [4.69, 9.17) is 27.7 Å². The summed E-state index contributed by atoms with van der Waals surface area (Å²) in [6.45, 7) is 0.203. The second kappa shape index (κ2) is 5.11. The molecule has 0 aromatic carbocycles. The second-order valence-electron chi connectivity index (χ2n) is 3.03. The molecule has 1 N–H and O–H groups in total. The molecule has 17 heavy (non-hydrogen) atoms. The van der Waals surface area contributed by atoms with Crippen molar-refractivity contribution in [1.29, 1.82) is 0 Å². The Labute approximate surface area is 106 Å². The van der Waals surface area contributed by atoms with Crippen molar-refractivity contribution in [3.05, 3.63) is 40.0 Å². The number of carbonyl (C=O) groups is 1. The fraction of sp³-hybridized carbons (Fsp3) is 0.111. The first-order chi connectivity index (χ1) is 8.16. The van der Waals surface area contributed by atoms with Crippen molar-refractivity contribution in [3.63, 3.8) is 0 Å². The lowest BCUT2D eigenvalue weighted by molar-refractivity contribution is 0.0946. The van der Waals surface area contributed by atoms with Gasteiger partial charge in [-0.15, -0.1) is 10.2 Å². The van der Waals surface area contributed by atoms with Crippen LogP contribution in [0.4, 0.5) is 0 Å². The van der Waals surface area contributed by atoms with Crippen LogP contribution in [-0.4, -0.2) is 21.3 Å². The molecule has 0 bridgehead atoms. The quantitative estimate of drug-likeness (QED) is 0.920. The van der Waals surface area contributed by atoms with Crippen molar-refractivity contribution in [2.24, 2.45) is 0 Å². The molecule has 1 amide bonds. The van der Waals surface area contributed by atoms with Gasteiger partial charge in [0.15, 0.2) is 16.1 Å². The van der Waals surface area contributed by atoms with E-state index in [1.165, 1.54) is 12.3 Å². The molecule has 0 unspecified atom stereocenters. The number of aromatic nitrogens is 3. The Morgan fingerprint density at radius 3 is 2.94 bits per heavy atom. The monoisotopic (exact) mass is 272 g/mol. The lowest BCUT2D eigenvalue weighted by Crippen LogP contribution is -2.23. The minimum absolute atomic E-state index is 0.00975. The first kappa shape index (κ1) is 11.8. The van der Waals surface area contributed by atoms with Crippen LogP contribution in [0.3, 0.4) is 0 Å². The molecule has 2 aromatic heterocycles. The number of hydrogen-bond donors (Lipinski definition) is 1. The van der Waals surface area contributed by atoms with E-state index in [2.05, 4.69) is 20.7 Å². The molecule has 2 rings (SSSR count). The van der Waals surface area contributed by atoms with E-state index in [1.807, 2.05) is 0 Å². The largest absolute Gasteiger partial charge is 0.360 e. The summed E-state index contributed by atoms with van der Waals surface area (Å²) in [7, 11) is 0. The summed E-state index contributed by atoms with van der Waals surface area (Å²) >= 11 is 11.3. The van der Waals surface area contributed by atoms with E-state index in [9.17, 15) is 4.79 Å². The number of nitrogens with zero attached hydrogens (tertiary/aromatic N) is 3. The van der Waals surface area contributed by atoms with E-state index < -0.39 is 5.91 Å². The van der Waals surface area contributed by atoms with Gasteiger partial charge in [0, 0.05) is 6.07 Å². The van der Waals surface area contributed by atoms with Crippen LogP contribution in [0.15, 0.2) is 22.9 Å². The summed E-state index contributed by atoms with van der Waals surface area (Å²) in [6.07, 6.45) is 1.49. The van der Waals surface area contributed by atoms with Crippen LogP contribution in [0.2, 0.25) is 10.3 Å². The zero-order valence-corrected chi connectivity index (χ0v) is 9.87. The maximum absolute atomic E-state index is 11.7. The van der Waals surface area contributed by atoms with E-state index >= 15 is 0 Å². The van der Waals surface area contributed by atoms with Crippen molar-refractivity contribution in [2.45, 2.75) is 6.54 Å². The zero-order chi connectivity index (χ0) is 12.3. The van der Waals surface area contributed by atoms with Crippen LogP contribution in [0.25, 0.3) is 0 Å². The summed E-state index contributed by atoms with van der Waals surface area (Å²) in [4.78, 5) is 11.7. The molecular formula is C9H6Cl2N4O2. The number of rotatable bonds is 3. The molecule has 0 saturated carbocycles. The summed E-state index contributed by atoms with van der Waals surface area (Å²) in [5, 5.41) is 13.2. The van der Waals surface area contributed by atoms with Crippen LogP contribution < -0.4 is 5.32 Å². The molecule has 0 fully saturated rings. The highest BCUT2D eigenvalue weighted by molar-refractivity contribution is 6.34. The maximum Gasteiger partial charge on any atom is 0.254 e. The highest BCUT2D eigenvalue weighted by Gasteiger charge is 2.13. The van der Waals surface area contributed by atoms with Crippen molar-refractivity contribution >= 4 is 29.1 Å². The van der Waals surface area contributed by atoms with Gasteiger partial charge in [-0.25, -0.2) is 0 Å². The molecule has 0 aliphatic carbocycles. The SMILES string of the molecule is O=C(NCc1ccno1)c1cc(Cl)nnc1Cl. The average molecular weight is 273 g/mol. The van der Waals surface area contributed by atoms with Gasteiger partial charge in [-0.2, -0.15) is 0 Å². The zero-order valence-electron chi connectivity index (χ0n) is 8.35. The molecular weight excluding hydrogens is 267 g/mol. The van der Waals surface area contributed by atoms with Crippen LogP contribution in [0, 0.1) is 0 Å². The van der Waals surface area contributed by atoms with Crippen LogP contribution in [-0.2, 0) is 6.54 Å². The standard InChI is InChI=1S/C9H6Cl2N4O2/c10-7-3-6(8(11)15-14-7)9(16)12-4-5-1-2-13-17-5/h1-3H,4H2,(H,12,16). The van der Waals surface area contributed by atoms with E-state index in [0.717, 1.165) is 0 Å². The molecule has 0 spiro atoms. The Morgan fingerprint density at radius 2 is 2.24 bits per heavy atom. The third-order valence-corrected chi connectivity index (χ3v) is 2.34. The fourth-order valence-corrected chi connectivity index (χ4v) is 1.43. The Balaban J connectivity index is 2.07. The highest BCUT2D eigenvalue weighted by atomic mass is 35.5. The minimum atomic E-state index is -0.414. The maximum atomic E-state index is 11.7. The number of carbonyl (C=O) groups excluding carboxylic acids is 1. The van der Waals surface area contributed by atoms with E-state index in [0.29, 0.717) is 5.76 Å². The molecule has 2 heterocycles. The second-order valence-corrected chi connectivity index (χ2v) is 3.78. The lowest BCUT2D eigenvalue weighted by atomic mass is 10.3. The number of halogens is 2. The Morgan fingerprint density at radius 1 is 1.41 bits per heavy atom. The number of hydrogen-bond acceptors (Lipinski definition) is 5. The van der Waals surface area contributed by atoms with E-state index in [-0.39, 0.29) is 22.4 Å². The van der Waals surface area contributed by atoms with Gasteiger partial charge in [0.1, 0.15) is 0 Å². The topological polar surface area (TPSA) is 80.9 Å². The fourth-order valence-electron chi connectivity index (χ4n) is 1.11. The van der Waals surface area contributed by atoms with Gasteiger partial charge < -0.3 is 9.84 Å². The first-order valence-corrected chi connectivity index (χ1v) is 5.29. The summed E-state index contributed by atoms with van der Waals surface area (Å²) in [6, 6.07) is 2.98. The molecule has 0 saturated heterocycles. The molecule has 8 heteroatoms. The molecule has 0 radical (unpaired) electrons. The average Bonchev–Trinajstić information content (AvgIpc) is 2.82. The Kier molecular flexibility index (Phi) is 3.55. The number of nitrogens with one attached hydrogen (secondary N) is 1. The minimum Gasteiger partial charge on any atom is -0.360 e. The van der Waals surface area contributed by atoms with Crippen LogP contribution in [0.1, 0.15) is 16.1 Å². The predicted octanol–water partition coefficient (Wildman–Crippen LogP) is 1.70. The highest BCUT2D eigenvalue weighted by Crippen LogP contribution is 2.15. The van der Waals surface area contributed by atoms with Crippen LogP contribution >= 0.6 is 23.2 Å². The molecule has 0 atom stereocenters. The van der Waals surface area contributed by atoms with Gasteiger partial charge in [-0.3, -0.25) is 4.79 Å². The van der Waals surface area contributed by atoms with Crippen molar-refractivity contribution < 1.29 is 9.32 Å². The van der Waals surface area contributed by atoms with Gasteiger partial charge in [0.25, 0.3) is 5.91 Å². The third kappa shape index (κ3) is 2.92. The molecule has 6 nitrogen and oxygen atoms in total. The van der Waals surface area contributed by atoms with Gasteiger partial charge in [0.2, 0.25) is 0 Å². The van der Waals surface area contributed by atoms with Crippen molar-refractivity contribution in [3.8, 4) is 0 Å². The lowest BCUT2D eigenvalue weighted by Gasteiger charge is -2.03. The third-order valence-electron chi connectivity index (χ3n) is 1.88. The summed E-state index contributed by atoms with van der Waals surface area (Å²) < 4.78 is 4.82. The molecule has 0 aliphatic heterocycles. The van der Waals surface area contributed by atoms with Gasteiger partial charge in [-0.05, 0) is 6.07 Å². The summed E-state index contributed by atoms with van der Waals surface area (Å²) in [5.41, 5.74) is 0.159. The smallest absolute Gasteiger partial charge is 0.254 e. The van der Waals surface area contributed by atoms with Crippen molar-refractivity contribution in [1.82, 2.24) is 20.7 Å². The molecule has 2 aromatic rings. The number of amides is 1. The van der Waals surface area contributed by atoms with Gasteiger partial charge in [0.05, 0.1) is 18.3 Å². The molecule has 88 valence electrons. The first-order valence-electron chi connectivity index (χ1n) is 4.53. The van der Waals surface area contributed by atoms with Crippen LogP contribution in [0.5, 0.6) is 0 Å². The summed E-state index contributed by atoms with van der Waals surface area (Å²) in [5.74, 6) is 0.116. The van der Waals surface area contributed by atoms with Gasteiger partial charge in [-0.1, -0.05) is 28.4 Å². The van der Waals surface area contributed by atoms with Gasteiger partial charge >= 0.3 is 0 Å².